The molecule has 0 bridgehead atoms. The highest BCUT2D eigenvalue weighted by Gasteiger charge is 2.32. The number of ketones is 2. The van der Waals surface area contributed by atoms with Gasteiger partial charge in [-0.25, -0.2) is 0 Å². The van der Waals surface area contributed by atoms with E-state index < -0.39 is 0 Å². The third-order valence-corrected chi connectivity index (χ3v) is 6.00. The van der Waals surface area contributed by atoms with Crippen LogP contribution >= 0.6 is 31.9 Å². The Labute approximate surface area is 153 Å². The van der Waals surface area contributed by atoms with Crippen LogP contribution in [0.3, 0.4) is 0 Å². The minimum Gasteiger partial charge on any atom is -0.395 e. The molecule has 0 spiro atoms. The van der Waals surface area contributed by atoms with Gasteiger partial charge in [-0.15, -0.1) is 0 Å². The van der Waals surface area contributed by atoms with Crippen LogP contribution in [0.4, 0.5) is 0 Å². The van der Waals surface area contributed by atoms with Gasteiger partial charge in [-0.1, -0.05) is 25.7 Å². The predicted molar refractivity (Wildman–Crippen MR) is 95.4 cm³/mol. The van der Waals surface area contributed by atoms with Gasteiger partial charge in [0.15, 0.2) is 11.6 Å². The molecule has 0 fully saturated rings. The number of amides is 1. The summed E-state index contributed by atoms with van der Waals surface area (Å²) < 4.78 is 0.728. The van der Waals surface area contributed by atoms with Crippen molar-refractivity contribution in [2.24, 2.45) is 5.92 Å². The first-order valence-corrected chi connectivity index (χ1v) is 9.56. The van der Waals surface area contributed by atoms with E-state index in [2.05, 4.69) is 37.2 Å². The standard InChI is InChI=1S/C16H23Br2NO4/c17-14-12(21)10-11(16(23)15(14)18)6-4-2-1-3-5-7-13(22)19-8-9-20/h11,20H,1-10H2,(H,19,22). The quantitative estimate of drug-likeness (QED) is 0.499. The van der Waals surface area contributed by atoms with Crippen molar-refractivity contribution < 1.29 is 19.5 Å². The van der Waals surface area contributed by atoms with Crippen LogP contribution in [-0.2, 0) is 14.4 Å². The lowest BCUT2D eigenvalue weighted by atomic mass is 9.87. The number of unbranched alkanes of at least 4 members (excludes halogenated alkanes) is 4. The topological polar surface area (TPSA) is 83.5 Å². The molecular formula is C16H23Br2NO4. The maximum atomic E-state index is 12.1. The molecule has 5 nitrogen and oxygen atoms in total. The van der Waals surface area contributed by atoms with Gasteiger partial charge in [-0.05, 0) is 44.7 Å². The Morgan fingerprint density at radius 3 is 2.43 bits per heavy atom. The SMILES string of the molecule is O=C(CCCCCCCC1CC(=O)C(Br)=C(Br)C1=O)NCCO. The van der Waals surface area contributed by atoms with E-state index in [-0.39, 0.29) is 30.0 Å². The Morgan fingerprint density at radius 1 is 1.09 bits per heavy atom. The zero-order valence-electron chi connectivity index (χ0n) is 13.1. The normalized spacial score (nSPS) is 18.5. The van der Waals surface area contributed by atoms with Gasteiger partial charge in [-0.3, -0.25) is 14.4 Å². The number of nitrogens with one attached hydrogen (secondary N) is 1. The van der Waals surface area contributed by atoms with Crippen LogP contribution in [-0.4, -0.2) is 35.7 Å². The van der Waals surface area contributed by atoms with E-state index in [4.69, 9.17) is 5.11 Å². The van der Waals surface area contributed by atoms with Gasteiger partial charge >= 0.3 is 0 Å². The molecule has 1 aliphatic rings. The van der Waals surface area contributed by atoms with Gasteiger partial charge in [0, 0.05) is 25.3 Å². The van der Waals surface area contributed by atoms with Crippen LogP contribution in [0, 0.1) is 5.92 Å². The third-order valence-electron chi connectivity index (χ3n) is 3.85. The number of allylic oxidation sites excluding steroid dienone is 2. The Kier molecular flexibility index (Phi) is 9.90. The smallest absolute Gasteiger partial charge is 0.220 e. The van der Waals surface area contributed by atoms with Crippen LogP contribution in [0.15, 0.2) is 8.96 Å². The largest absolute Gasteiger partial charge is 0.395 e. The molecule has 1 unspecified atom stereocenters. The molecule has 1 amide bonds. The fourth-order valence-electron chi connectivity index (χ4n) is 2.54. The average Bonchev–Trinajstić information content (AvgIpc) is 2.54. The molecule has 23 heavy (non-hydrogen) atoms. The summed E-state index contributed by atoms with van der Waals surface area (Å²) in [6.45, 7) is 0.281. The van der Waals surface area contributed by atoms with Crippen LogP contribution in [0.2, 0.25) is 0 Å². The predicted octanol–water partition coefficient (Wildman–Crippen LogP) is 2.99. The van der Waals surface area contributed by atoms with E-state index in [1.165, 1.54) is 0 Å². The number of aliphatic hydroxyl groups is 1. The number of carbonyl (C=O) groups is 3. The van der Waals surface area contributed by atoms with E-state index in [0.717, 1.165) is 38.5 Å². The fraction of sp³-hybridized carbons (Fsp3) is 0.688. The van der Waals surface area contributed by atoms with Gasteiger partial charge < -0.3 is 10.4 Å². The molecule has 0 aromatic heterocycles. The maximum Gasteiger partial charge on any atom is 0.220 e. The fourth-order valence-corrected chi connectivity index (χ4v) is 3.44. The van der Waals surface area contributed by atoms with Crippen LogP contribution < -0.4 is 5.32 Å². The molecule has 1 aliphatic carbocycles. The van der Waals surface area contributed by atoms with Crippen molar-refractivity contribution in [3.05, 3.63) is 8.96 Å². The minimum absolute atomic E-state index is 0.0111. The van der Waals surface area contributed by atoms with Gasteiger partial charge in [0.25, 0.3) is 0 Å². The second-order valence-electron chi connectivity index (χ2n) is 5.70. The molecular weight excluding hydrogens is 430 g/mol. The van der Waals surface area contributed by atoms with Gasteiger partial charge in [0.1, 0.15) is 0 Å². The van der Waals surface area contributed by atoms with E-state index in [9.17, 15) is 14.4 Å². The number of halogens is 2. The van der Waals surface area contributed by atoms with Crippen molar-refractivity contribution in [3.63, 3.8) is 0 Å². The van der Waals surface area contributed by atoms with Gasteiger partial charge in [0.05, 0.1) is 15.6 Å². The molecule has 0 aliphatic heterocycles. The molecule has 7 heteroatoms. The number of Topliss-reactive ketones (excluding diaryl/α,β-unsaturated/α-hetero) is 2. The highest BCUT2D eigenvalue weighted by molar-refractivity contribution is 9.14. The first-order valence-electron chi connectivity index (χ1n) is 7.97. The number of aliphatic hydroxyl groups excluding tert-OH is 1. The average molecular weight is 453 g/mol. The zero-order valence-corrected chi connectivity index (χ0v) is 16.2. The van der Waals surface area contributed by atoms with Crippen molar-refractivity contribution in [1.29, 1.82) is 0 Å². The molecule has 1 rings (SSSR count). The molecule has 0 radical (unpaired) electrons. The molecule has 0 aromatic rings. The summed E-state index contributed by atoms with van der Waals surface area (Å²) in [7, 11) is 0. The van der Waals surface area contributed by atoms with Gasteiger partial charge in [0.2, 0.25) is 5.91 Å². The third kappa shape index (κ3) is 7.27. The number of hydrogen-bond donors (Lipinski definition) is 2. The second-order valence-corrected chi connectivity index (χ2v) is 7.28. The summed E-state index contributed by atoms with van der Waals surface area (Å²) in [5.41, 5.74) is 0. The number of hydrogen-bond acceptors (Lipinski definition) is 4. The van der Waals surface area contributed by atoms with E-state index in [1.807, 2.05) is 0 Å². The summed E-state index contributed by atoms with van der Waals surface area (Å²) in [5, 5.41) is 11.2. The van der Waals surface area contributed by atoms with Crippen LogP contribution in [0.1, 0.15) is 51.4 Å². The van der Waals surface area contributed by atoms with Gasteiger partial charge in [-0.2, -0.15) is 0 Å². The molecule has 130 valence electrons. The van der Waals surface area contributed by atoms with Crippen molar-refractivity contribution in [3.8, 4) is 0 Å². The number of rotatable bonds is 10. The first kappa shape index (κ1) is 20.5. The highest BCUT2D eigenvalue weighted by Crippen LogP contribution is 2.33. The Balaban J connectivity index is 2.11. The van der Waals surface area contributed by atoms with Crippen LogP contribution in [0.25, 0.3) is 0 Å². The van der Waals surface area contributed by atoms with E-state index in [1.54, 1.807) is 0 Å². The molecule has 0 saturated heterocycles. The molecule has 0 saturated carbocycles. The lowest BCUT2D eigenvalue weighted by Crippen LogP contribution is -2.25. The Morgan fingerprint density at radius 2 is 1.74 bits per heavy atom. The summed E-state index contributed by atoms with van der Waals surface area (Å²) >= 11 is 6.32. The summed E-state index contributed by atoms with van der Waals surface area (Å²) in [6, 6.07) is 0. The summed E-state index contributed by atoms with van der Waals surface area (Å²) in [4.78, 5) is 35.1. The van der Waals surface area contributed by atoms with Crippen molar-refractivity contribution in [1.82, 2.24) is 5.32 Å². The van der Waals surface area contributed by atoms with Crippen molar-refractivity contribution in [2.45, 2.75) is 51.4 Å². The monoisotopic (exact) mass is 451 g/mol. The molecule has 1 atom stereocenters. The summed E-state index contributed by atoms with van der Waals surface area (Å²) in [6.07, 6.45) is 6.25. The second kappa shape index (κ2) is 11.1. The number of carbonyl (C=O) groups excluding carboxylic acids is 3. The molecule has 0 heterocycles. The first-order chi connectivity index (χ1) is 11.0. The van der Waals surface area contributed by atoms with E-state index in [0.29, 0.717) is 28.4 Å². The summed E-state index contributed by atoms with van der Waals surface area (Å²) in [5.74, 6) is -0.234. The highest BCUT2D eigenvalue weighted by atomic mass is 79.9. The maximum absolute atomic E-state index is 12.1. The minimum atomic E-state index is -0.206. The Hall–Kier alpha value is -0.530. The lowest BCUT2D eigenvalue weighted by Gasteiger charge is -2.20. The van der Waals surface area contributed by atoms with Crippen molar-refractivity contribution in [2.75, 3.05) is 13.2 Å². The van der Waals surface area contributed by atoms with E-state index >= 15 is 0 Å². The lowest BCUT2D eigenvalue weighted by molar-refractivity contribution is -0.125. The van der Waals surface area contributed by atoms with Crippen molar-refractivity contribution >= 4 is 49.3 Å². The molecule has 2 N–H and O–H groups in total. The van der Waals surface area contributed by atoms with Crippen LogP contribution in [0.5, 0.6) is 0 Å². The zero-order chi connectivity index (χ0) is 17.2. The molecule has 0 aromatic carbocycles. The Bertz CT molecular complexity index is 477.